The Labute approximate surface area is 397 Å². The SMILES string of the molecule is CC/C=C\C/C=C\C/C=C\C/C=C\C/C=C\CCCCCC(=O)OCC(COCCCCCCCCCCCCCCCCCCCC)OC(=O)CCCCCCC/C=C\CCCC. The van der Waals surface area contributed by atoms with Gasteiger partial charge in [0.2, 0.25) is 0 Å². The maximum absolute atomic E-state index is 12.8. The summed E-state index contributed by atoms with van der Waals surface area (Å²) in [5.74, 6) is -0.439. The molecule has 0 heterocycles. The lowest BCUT2D eigenvalue weighted by atomic mass is 10.0. The van der Waals surface area contributed by atoms with E-state index in [0.29, 0.717) is 19.4 Å². The van der Waals surface area contributed by atoms with Gasteiger partial charge in [-0.2, -0.15) is 0 Å². The molecular formula is C59H104O5. The van der Waals surface area contributed by atoms with E-state index in [9.17, 15) is 9.59 Å². The summed E-state index contributed by atoms with van der Waals surface area (Å²) >= 11 is 0. The van der Waals surface area contributed by atoms with Gasteiger partial charge in [0.15, 0.2) is 6.10 Å². The first-order valence-electron chi connectivity index (χ1n) is 27.5. The van der Waals surface area contributed by atoms with Gasteiger partial charge >= 0.3 is 11.9 Å². The van der Waals surface area contributed by atoms with Crippen LogP contribution < -0.4 is 0 Å². The van der Waals surface area contributed by atoms with E-state index in [-0.39, 0.29) is 25.2 Å². The van der Waals surface area contributed by atoms with E-state index in [1.165, 1.54) is 135 Å². The molecule has 370 valence electrons. The molecule has 0 aromatic carbocycles. The maximum Gasteiger partial charge on any atom is 0.306 e. The number of allylic oxidation sites excluding steroid dienone is 12. The molecule has 1 unspecified atom stereocenters. The molecule has 0 saturated carbocycles. The summed E-state index contributed by atoms with van der Waals surface area (Å²) < 4.78 is 17.4. The van der Waals surface area contributed by atoms with Crippen molar-refractivity contribution in [3.8, 4) is 0 Å². The highest BCUT2D eigenvalue weighted by Gasteiger charge is 2.17. The molecule has 0 rings (SSSR count). The maximum atomic E-state index is 12.8. The first-order chi connectivity index (χ1) is 31.6. The van der Waals surface area contributed by atoms with Gasteiger partial charge in [-0.3, -0.25) is 9.59 Å². The minimum absolute atomic E-state index is 0.0650. The molecule has 0 radical (unpaired) electrons. The topological polar surface area (TPSA) is 61.8 Å². The zero-order chi connectivity index (χ0) is 46.3. The second kappa shape index (κ2) is 54.7. The van der Waals surface area contributed by atoms with Crippen LogP contribution in [0.3, 0.4) is 0 Å². The Morgan fingerprint density at radius 2 is 0.719 bits per heavy atom. The van der Waals surface area contributed by atoms with Crippen LogP contribution in [0.5, 0.6) is 0 Å². The molecule has 0 aromatic heterocycles. The standard InChI is InChI=1S/C59H104O5/c1-4-7-10-13-16-19-22-24-26-28-30-31-33-35-38-40-43-46-49-52-58(60)63-56-57(64-59(61)53-50-47-44-41-37-21-18-15-12-9-6-3)55-62-54-51-48-45-42-39-36-34-32-29-27-25-23-20-17-14-11-8-5-2/h7,10,15-16,18-19,24,26,30-31,35,38,57H,4-6,8-9,11-14,17,20-23,25,27-29,32-34,36-37,39-56H2,1-3H3/b10-7-,18-15-,19-16-,26-24-,31-30-,38-35-. The van der Waals surface area contributed by atoms with Gasteiger partial charge in [0, 0.05) is 19.4 Å². The lowest BCUT2D eigenvalue weighted by Gasteiger charge is -2.18. The van der Waals surface area contributed by atoms with Crippen molar-refractivity contribution < 1.29 is 23.8 Å². The van der Waals surface area contributed by atoms with Crippen molar-refractivity contribution in [1.29, 1.82) is 0 Å². The van der Waals surface area contributed by atoms with E-state index in [1.54, 1.807) is 0 Å². The third kappa shape index (κ3) is 52.0. The van der Waals surface area contributed by atoms with E-state index < -0.39 is 6.10 Å². The van der Waals surface area contributed by atoms with E-state index in [1.807, 2.05) is 0 Å². The van der Waals surface area contributed by atoms with Crippen LogP contribution in [-0.2, 0) is 23.8 Å². The first kappa shape index (κ1) is 61.3. The number of rotatable bonds is 50. The van der Waals surface area contributed by atoms with E-state index >= 15 is 0 Å². The fraction of sp³-hybridized carbons (Fsp3) is 0.763. The summed E-state index contributed by atoms with van der Waals surface area (Å²) in [6.07, 6.45) is 70.6. The molecule has 0 amide bonds. The van der Waals surface area contributed by atoms with Crippen LogP contribution in [0, 0.1) is 0 Å². The molecule has 5 heteroatoms. The molecule has 0 aliphatic carbocycles. The molecule has 0 aliphatic rings. The summed E-state index contributed by atoms with van der Waals surface area (Å²) in [5, 5.41) is 0. The highest BCUT2D eigenvalue weighted by Crippen LogP contribution is 2.15. The summed E-state index contributed by atoms with van der Waals surface area (Å²) in [6, 6.07) is 0. The number of hydrogen-bond acceptors (Lipinski definition) is 5. The third-order valence-corrected chi connectivity index (χ3v) is 11.7. The van der Waals surface area contributed by atoms with Crippen LogP contribution in [0.1, 0.15) is 265 Å². The molecule has 0 bridgehead atoms. The Bertz CT molecular complexity index is 1150. The minimum Gasteiger partial charge on any atom is -0.462 e. The predicted octanol–water partition coefficient (Wildman–Crippen LogP) is 18.7. The molecule has 0 N–H and O–H groups in total. The summed E-state index contributed by atoms with van der Waals surface area (Å²) in [5.41, 5.74) is 0. The summed E-state index contributed by atoms with van der Waals surface area (Å²) in [4.78, 5) is 25.4. The monoisotopic (exact) mass is 893 g/mol. The number of carbonyl (C=O) groups is 2. The lowest BCUT2D eigenvalue weighted by molar-refractivity contribution is -0.163. The van der Waals surface area contributed by atoms with Crippen LogP contribution >= 0.6 is 0 Å². The molecule has 0 fully saturated rings. The molecular weight excluding hydrogens is 789 g/mol. The Hall–Kier alpha value is -2.66. The lowest BCUT2D eigenvalue weighted by Crippen LogP contribution is -2.30. The Morgan fingerprint density at radius 3 is 1.20 bits per heavy atom. The van der Waals surface area contributed by atoms with Crippen molar-refractivity contribution in [2.45, 2.75) is 271 Å². The average Bonchev–Trinajstić information content (AvgIpc) is 3.30. The molecule has 1 atom stereocenters. The van der Waals surface area contributed by atoms with Gasteiger partial charge in [-0.25, -0.2) is 0 Å². The Balaban J connectivity index is 4.27. The molecule has 64 heavy (non-hydrogen) atoms. The number of ether oxygens (including phenoxy) is 3. The van der Waals surface area contributed by atoms with Gasteiger partial charge in [0.25, 0.3) is 0 Å². The second-order valence-corrected chi connectivity index (χ2v) is 18.1. The normalized spacial score (nSPS) is 12.7. The van der Waals surface area contributed by atoms with Gasteiger partial charge in [-0.15, -0.1) is 0 Å². The van der Waals surface area contributed by atoms with Crippen LogP contribution in [0.25, 0.3) is 0 Å². The van der Waals surface area contributed by atoms with E-state index in [0.717, 1.165) is 96.3 Å². The molecule has 0 saturated heterocycles. The van der Waals surface area contributed by atoms with E-state index in [2.05, 4.69) is 93.7 Å². The minimum atomic E-state index is -0.554. The van der Waals surface area contributed by atoms with Crippen molar-refractivity contribution in [3.63, 3.8) is 0 Å². The fourth-order valence-corrected chi connectivity index (χ4v) is 7.64. The van der Waals surface area contributed by atoms with Gasteiger partial charge in [0.05, 0.1) is 6.61 Å². The van der Waals surface area contributed by atoms with Crippen LogP contribution in [0.2, 0.25) is 0 Å². The quantitative estimate of drug-likeness (QED) is 0.0346. The Morgan fingerprint density at radius 1 is 0.359 bits per heavy atom. The average molecular weight is 893 g/mol. The van der Waals surface area contributed by atoms with Gasteiger partial charge in [-0.1, -0.05) is 241 Å². The first-order valence-corrected chi connectivity index (χ1v) is 27.5. The van der Waals surface area contributed by atoms with Crippen LogP contribution in [-0.4, -0.2) is 37.9 Å². The number of carbonyl (C=O) groups excluding carboxylic acids is 2. The highest BCUT2D eigenvalue weighted by molar-refractivity contribution is 5.70. The molecule has 0 aromatic rings. The van der Waals surface area contributed by atoms with Gasteiger partial charge < -0.3 is 14.2 Å². The molecule has 5 nitrogen and oxygen atoms in total. The van der Waals surface area contributed by atoms with Crippen molar-refractivity contribution in [2.24, 2.45) is 0 Å². The van der Waals surface area contributed by atoms with Crippen molar-refractivity contribution in [2.75, 3.05) is 19.8 Å². The Kier molecular flexibility index (Phi) is 52.4. The molecule has 0 spiro atoms. The number of hydrogen-bond donors (Lipinski definition) is 0. The van der Waals surface area contributed by atoms with Gasteiger partial charge in [-0.05, 0) is 83.5 Å². The summed E-state index contributed by atoms with van der Waals surface area (Å²) in [7, 11) is 0. The largest absolute Gasteiger partial charge is 0.462 e. The number of unbranched alkanes of at least 4 members (excludes halogenated alkanes) is 27. The smallest absolute Gasteiger partial charge is 0.306 e. The second-order valence-electron chi connectivity index (χ2n) is 18.1. The highest BCUT2D eigenvalue weighted by atomic mass is 16.6. The third-order valence-electron chi connectivity index (χ3n) is 11.7. The zero-order valence-corrected chi connectivity index (χ0v) is 42.5. The predicted molar refractivity (Wildman–Crippen MR) is 279 cm³/mol. The number of esters is 2. The summed E-state index contributed by atoms with van der Waals surface area (Å²) in [6.45, 7) is 7.67. The van der Waals surface area contributed by atoms with Crippen LogP contribution in [0.4, 0.5) is 0 Å². The van der Waals surface area contributed by atoms with Crippen LogP contribution in [0.15, 0.2) is 72.9 Å². The van der Waals surface area contributed by atoms with Crippen molar-refractivity contribution in [1.82, 2.24) is 0 Å². The zero-order valence-electron chi connectivity index (χ0n) is 42.5. The fourth-order valence-electron chi connectivity index (χ4n) is 7.64. The van der Waals surface area contributed by atoms with Crippen molar-refractivity contribution in [3.05, 3.63) is 72.9 Å². The van der Waals surface area contributed by atoms with Crippen molar-refractivity contribution >= 4 is 11.9 Å². The van der Waals surface area contributed by atoms with Gasteiger partial charge in [0.1, 0.15) is 6.61 Å². The van der Waals surface area contributed by atoms with E-state index in [4.69, 9.17) is 14.2 Å². The molecule has 0 aliphatic heterocycles.